The number of hydrogen-bond acceptors (Lipinski definition) is 4. The molecule has 1 aliphatic carbocycles. The van der Waals surface area contributed by atoms with Crippen LogP contribution >= 0.6 is 11.3 Å². The summed E-state index contributed by atoms with van der Waals surface area (Å²) < 4.78 is 14.3. The summed E-state index contributed by atoms with van der Waals surface area (Å²) in [4.78, 5) is 4.48. The zero-order valence-electron chi connectivity index (χ0n) is 11.3. The Labute approximate surface area is 129 Å². The van der Waals surface area contributed by atoms with E-state index in [4.69, 9.17) is 5.73 Å². The van der Waals surface area contributed by atoms with E-state index in [1.165, 1.54) is 22.5 Å². The quantitative estimate of drug-likeness (QED) is 0.755. The van der Waals surface area contributed by atoms with Crippen molar-refractivity contribution in [2.24, 2.45) is 0 Å². The van der Waals surface area contributed by atoms with Gasteiger partial charge in [-0.3, -0.25) is 4.21 Å². The minimum absolute atomic E-state index is 0.402. The lowest BCUT2D eigenvalue weighted by molar-refractivity contribution is 0.644. The minimum Gasteiger partial charge on any atom is -0.399 e. The molecule has 0 spiro atoms. The lowest BCUT2D eigenvalue weighted by atomic mass is 9.79. The van der Waals surface area contributed by atoms with Crippen LogP contribution in [0.15, 0.2) is 46.8 Å². The van der Waals surface area contributed by atoms with Crippen molar-refractivity contribution in [1.82, 2.24) is 4.98 Å². The molecule has 0 bridgehead atoms. The van der Waals surface area contributed by atoms with Gasteiger partial charge in [-0.2, -0.15) is 0 Å². The van der Waals surface area contributed by atoms with Crippen molar-refractivity contribution in [2.75, 3.05) is 11.5 Å². The lowest BCUT2D eigenvalue weighted by Gasteiger charge is -2.29. The summed E-state index contributed by atoms with van der Waals surface area (Å²) in [5.74, 6) is 1.06. The normalized spacial score (nSPS) is 18.2. The highest BCUT2D eigenvalue weighted by molar-refractivity contribution is 7.87. The van der Waals surface area contributed by atoms with E-state index < -0.39 is 10.8 Å². The molecule has 2 unspecified atom stereocenters. The molecule has 1 heterocycles. The third-order valence-electron chi connectivity index (χ3n) is 3.90. The van der Waals surface area contributed by atoms with E-state index in [0.717, 1.165) is 22.3 Å². The second-order valence-corrected chi connectivity index (χ2v) is 8.02. The summed E-state index contributed by atoms with van der Waals surface area (Å²) in [5.41, 5.74) is 10.1. The first-order valence-corrected chi connectivity index (χ1v) is 8.96. The number of aromatic nitrogens is 1. The van der Waals surface area contributed by atoms with Gasteiger partial charge in [-0.15, -0.1) is 11.3 Å². The molecule has 5 heteroatoms. The summed E-state index contributed by atoms with van der Waals surface area (Å²) in [6.07, 6.45) is 1.03. The Morgan fingerprint density at radius 1 is 1.29 bits per heavy atom. The number of nitrogens with zero attached hydrogens (tertiary/aromatic N) is 1. The van der Waals surface area contributed by atoms with Gasteiger partial charge < -0.3 is 5.73 Å². The number of nitrogen functional groups attached to an aromatic ring is 1. The zero-order chi connectivity index (χ0) is 14.4. The standard InChI is InChI=1S/C16H14N2OS2/c17-12-5-6-14-15(8-12)20-16(18-14)21(19)9-11-7-10-3-1-2-4-13(10)11/h1-6,8,11H,7,9,17H2. The fourth-order valence-corrected chi connectivity index (χ4v) is 5.38. The van der Waals surface area contributed by atoms with Gasteiger partial charge in [0, 0.05) is 17.4 Å². The molecule has 0 fully saturated rings. The van der Waals surface area contributed by atoms with Gasteiger partial charge in [-0.25, -0.2) is 4.98 Å². The molecule has 1 aromatic heterocycles. The Kier molecular flexibility index (Phi) is 3.05. The van der Waals surface area contributed by atoms with Gasteiger partial charge in [0.2, 0.25) is 0 Å². The topological polar surface area (TPSA) is 56.0 Å². The number of benzene rings is 2. The zero-order valence-corrected chi connectivity index (χ0v) is 12.9. The maximum absolute atomic E-state index is 12.5. The first-order valence-electron chi connectivity index (χ1n) is 6.83. The summed E-state index contributed by atoms with van der Waals surface area (Å²) in [6.45, 7) is 0. The summed E-state index contributed by atoms with van der Waals surface area (Å²) >= 11 is 1.49. The SMILES string of the molecule is Nc1ccc2nc(S(=O)CC3Cc4ccccc43)sc2c1. The van der Waals surface area contributed by atoms with Crippen LogP contribution < -0.4 is 5.73 Å². The van der Waals surface area contributed by atoms with Crippen LogP contribution in [0.4, 0.5) is 5.69 Å². The van der Waals surface area contributed by atoms with E-state index in [-0.39, 0.29) is 0 Å². The molecule has 0 saturated heterocycles. The second kappa shape index (κ2) is 4.93. The third-order valence-corrected chi connectivity index (χ3v) is 6.71. The number of anilines is 1. The first-order chi connectivity index (χ1) is 10.2. The van der Waals surface area contributed by atoms with Crippen LogP contribution in [0.5, 0.6) is 0 Å². The average molecular weight is 314 g/mol. The van der Waals surface area contributed by atoms with Gasteiger partial charge in [0.05, 0.1) is 21.0 Å². The highest BCUT2D eigenvalue weighted by Gasteiger charge is 2.28. The van der Waals surface area contributed by atoms with Crippen molar-refractivity contribution in [3.05, 3.63) is 53.6 Å². The van der Waals surface area contributed by atoms with Crippen molar-refractivity contribution in [2.45, 2.75) is 16.7 Å². The van der Waals surface area contributed by atoms with Gasteiger partial charge in [-0.1, -0.05) is 24.3 Å². The highest BCUT2D eigenvalue weighted by Crippen LogP contribution is 2.36. The average Bonchev–Trinajstić information content (AvgIpc) is 2.87. The minimum atomic E-state index is -1.04. The number of rotatable bonds is 3. The van der Waals surface area contributed by atoms with Gasteiger partial charge in [0.25, 0.3) is 0 Å². The van der Waals surface area contributed by atoms with Gasteiger partial charge in [0.1, 0.15) is 0 Å². The Morgan fingerprint density at radius 2 is 2.14 bits per heavy atom. The fraction of sp³-hybridized carbons (Fsp3) is 0.188. The van der Waals surface area contributed by atoms with Crippen LogP contribution in [0.2, 0.25) is 0 Å². The summed E-state index contributed by atoms with van der Waals surface area (Å²) in [5, 5.41) is 0. The molecule has 0 radical (unpaired) electrons. The maximum Gasteiger partial charge on any atom is 0.181 e. The van der Waals surface area contributed by atoms with Crippen LogP contribution in [0, 0.1) is 0 Å². The molecule has 2 aromatic carbocycles. The Balaban J connectivity index is 1.57. The van der Waals surface area contributed by atoms with Crippen LogP contribution in [0.1, 0.15) is 17.0 Å². The molecule has 3 aromatic rings. The van der Waals surface area contributed by atoms with Gasteiger partial charge in [0.15, 0.2) is 4.34 Å². The van der Waals surface area contributed by atoms with Crippen molar-refractivity contribution in [3.63, 3.8) is 0 Å². The molecular formula is C16H14N2OS2. The molecule has 21 heavy (non-hydrogen) atoms. The molecule has 3 nitrogen and oxygen atoms in total. The largest absolute Gasteiger partial charge is 0.399 e. The van der Waals surface area contributed by atoms with Crippen LogP contribution in [-0.4, -0.2) is 14.9 Å². The molecule has 0 saturated carbocycles. The Bertz CT molecular complexity index is 856. The summed E-state index contributed by atoms with van der Waals surface area (Å²) in [6, 6.07) is 14.0. The third kappa shape index (κ3) is 2.26. The Morgan fingerprint density at radius 3 is 3.00 bits per heavy atom. The maximum atomic E-state index is 12.5. The molecule has 0 amide bonds. The predicted octanol–water partition coefficient (Wildman–Crippen LogP) is 3.33. The molecule has 2 atom stereocenters. The van der Waals surface area contributed by atoms with Crippen LogP contribution in [0.25, 0.3) is 10.2 Å². The predicted molar refractivity (Wildman–Crippen MR) is 88.2 cm³/mol. The van der Waals surface area contributed by atoms with E-state index in [0.29, 0.717) is 16.0 Å². The Hall–Kier alpha value is -1.72. The van der Waals surface area contributed by atoms with Crippen LogP contribution in [-0.2, 0) is 17.2 Å². The van der Waals surface area contributed by atoms with Gasteiger partial charge >= 0.3 is 0 Å². The number of hydrogen-bond donors (Lipinski definition) is 1. The molecule has 2 N–H and O–H groups in total. The fourth-order valence-electron chi connectivity index (χ4n) is 2.78. The van der Waals surface area contributed by atoms with E-state index in [2.05, 4.69) is 23.2 Å². The smallest absolute Gasteiger partial charge is 0.181 e. The van der Waals surface area contributed by atoms with Crippen molar-refractivity contribution < 1.29 is 4.21 Å². The second-order valence-electron chi connectivity index (χ2n) is 5.32. The molecule has 106 valence electrons. The van der Waals surface area contributed by atoms with E-state index in [1.807, 2.05) is 24.3 Å². The number of thiazole rings is 1. The van der Waals surface area contributed by atoms with Crippen molar-refractivity contribution in [1.29, 1.82) is 0 Å². The first kappa shape index (κ1) is 13.0. The van der Waals surface area contributed by atoms with E-state index in [1.54, 1.807) is 0 Å². The van der Waals surface area contributed by atoms with E-state index >= 15 is 0 Å². The van der Waals surface area contributed by atoms with E-state index in [9.17, 15) is 4.21 Å². The monoisotopic (exact) mass is 314 g/mol. The number of fused-ring (bicyclic) bond motifs is 2. The summed E-state index contributed by atoms with van der Waals surface area (Å²) in [7, 11) is -1.04. The molecule has 1 aliphatic rings. The number of nitrogens with two attached hydrogens (primary N) is 1. The lowest BCUT2D eigenvalue weighted by Crippen LogP contribution is -2.22. The molecular weight excluding hydrogens is 300 g/mol. The molecule has 4 rings (SSSR count). The molecule has 0 aliphatic heterocycles. The van der Waals surface area contributed by atoms with Crippen molar-refractivity contribution in [3.8, 4) is 0 Å². The van der Waals surface area contributed by atoms with Gasteiger partial charge in [-0.05, 0) is 35.7 Å². The van der Waals surface area contributed by atoms with Crippen LogP contribution in [0.3, 0.4) is 0 Å². The van der Waals surface area contributed by atoms with Crippen molar-refractivity contribution >= 4 is 38.0 Å². The highest BCUT2D eigenvalue weighted by atomic mass is 32.2.